The standard InChI is InChI=1S/C32H36BrN5O/c1-23-12-13-24(2)30(19-23)36-15-17-37(18-16-36)32(39)25-7-6-14-35(21-25)22-31-34-28-10-3-4-11-29(28)38(31)27-9-5-8-26(33)20-27/h3-5,8-13,19-20,25H,6-7,14-18,21-22H2,1-2H3/t25-/m1/s1. The molecule has 0 radical (unpaired) electrons. The number of fused-ring (bicyclic) bond motifs is 1. The van der Waals surface area contributed by atoms with Gasteiger partial charge in [-0.1, -0.05) is 46.3 Å². The van der Waals surface area contributed by atoms with Crippen LogP contribution in [0.3, 0.4) is 0 Å². The van der Waals surface area contributed by atoms with Crippen LogP contribution in [0.5, 0.6) is 0 Å². The summed E-state index contributed by atoms with van der Waals surface area (Å²) in [5.74, 6) is 1.39. The maximum absolute atomic E-state index is 13.6. The second kappa shape index (κ2) is 11.1. The van der Waals surface area contributed by atoms with Crippen LogP contribution in [0.25, 0.3) is 16.7 Å². The number of piperidine rings is 1. The van der Waals surface area contributed by atoms with Crippen LogP contribution < -0.4 is 4.90 Å². The van der Waals surface area contributed by atoms with E-state index in [0.717, 1.165) is 85.7 Å². The largest absolute Gasteiger partial charge is 0.368 e. The van der Waals surface area contributed by atoms with Gasteiger partial charge >= 0.3 is 0 Å². The van der Waals surface area contributed by atoms with Gasteiger partial charge in [0.15, 0.2) is 0 Å². The highest BCUT2D eigenvalue weighted by molar-refractivity contribution is 9.10. The number of imidazole rings is 1. The van der Waals surface area contributed by atoms with Crippen molar-refractivity contribution in [2.45, 2.75) is 33.2 Å². The van der Waals surface area contributed by atoms with Crippen LogP contribution in [-0.4, -0.2) is 64.5 Å². The van der Waals surface area contributed by atoms with Crippen molar-refractivity contribution < 1.29 is 4.79 Å². The van der Waals surface area contributed by atoms with E-state index in [1.54, 1.807) is 0 Å². The SMILES string of the molecule is Cc1ccc(C)c(N2CCN(C(=O)[C@@H]3CCCN(Cc4nc5ccccc5n4-c4cccc(Br)c4)C3)CC2)c1. The van der Waals surface area contributed by atoms with Gasteiger partial charge in [0, 0.05) is 48.6 Å². The van der Waals surface area contributed by atoms with Crippen LogP contribution in [-0.2, 0) is 11.3 Å². The zero-order valence-corrected chi connectivity index (χ0v) is 24.4. The molecule has 0 aliphatic carbocycles. The molecule has 202 valence electrons. The highest BCUT2D eigenvalue weighted by Crippen LogP contribution is 2.28. The number of likely N-dealkylation sites (tertiary alicyclic amines) is 1. The normalized spacial score (nSPS) is 18.6. The Morgan fingerprint density at radius 2 is 1.77 bits per heavy atom. The van der Waals surface area contributed by atoms with Crippen LogP contribution in [0.1, 0.15) is 29.8 Å². The number of amides is 1. The number of piperazine rings is 1. The Labute approximate surface area is 239 Å². The lowest BCUT2D eigenvalue weighted by Gasteiger charge is -2.40. The molecule has 7 heteroatoms. The molecule has 0 saturated carbocycles. The van der Waals surface area contributed by atoms with Crippen LogP contribution in [0, 0.1) is 19.8 Å². The Kier molecular flexibility index (Phi) is 7.45. The number of carbonyl (C=O) groups excluding carboxylic acids is 1. The number of nitrogens with zero attached hydrogens (tertiary/aromatic N) is 5. The lowest BCUT2D eigenvalue weighted by atomic mass is 9.96. The van der Waals surface area contributed by atoms with E-state index < -0.39 is 0 Å². The number of anilines is 1. The Balaban J connectivity index is 1.14. The monoisotopic (exact) mass is 585 g/mol. The van der Waals surface area contributed by atoms with Crippen molar-refractivity contribution in [3.63, 3.8) is 0 Å². The number of aryl methyl sites for hydroxylation is 2. The summed E-state index contributed by atoms with van der Waals surface area (Å²) >= 11 is 3.63. The van der Waals surface area contributed by atoms with Crippen molar-refractivity contribution in [2.75, 3.05) is 44.2 Å². The molecule has 1 atom stereocenters. The molecule has 0 unspecified atom stereocenters. The molecule has 2 fully saturated rings. The van der Waals surface area contributed by atoms with Gasteiger partial charge < -0.3 is 9.80 Å². The number of rotatable bonds is 5. The predicted molar refractivity (Wildman–Crippen MR) is 161 cm³/mol. The summed E-state index contributed by atoms with van der Waals surface area (Å²) in [7, 11) is 0. The Morgan fingerprint density at radius 1 is 0.949 bits per heavy atom. The zero-order chi connectivity index (χ0) is 26.9. The van der Waals surface area contributed by atoms with Gasteiger partial charge in [0.1, 0.15) is 5.82 Å². The van der Waals surface area contributed by atoms with Gasteiger partial charge in [-0.2, -0.15) is 0 Å². The molecule has 1 amide bonds. The summed E-state index contributed by atoms with van der Waals surface area (Å²) in [5.41, 5.74) is 7.09. The Bertz CT molecular complexity index is 1490. The predicted octanol–water partition coefficient (Wildman–Crippen LogP) is 5.97. The quantitative estimate of drug-likeness (QED) is 0.289. The van der Waals surface area contributed by atoms with E-state index in [-0.39, 0.29) is 5.92 Å². The second-order valence-corrected chi connectivity index (χ2v) is 11.9. The molecule has 1 aromatic heterocycles. The van der Waals surface area contributed by atoms with Crippen LogP contribution in [0.15, 0.2) is 71.2 Å². The number of aromatic nitrogens is 2. The van der Waals surface area contributed by atoms with Gasteiger partial charge in [0.05, 0.1) is 23.5 Å². The third-order valence-electron chi connectivity index (χ3n) is 8.21. The van der Waals surface area contributed by atoms with Gasteiger partial charge in [-0.15, -0.1) is 0 Å². The minimum atomic E-state index is 0.0507. The molecule has 2 saturated heterocycles. The molecule has 0 spiro atoms. The topological polar surface area (TPSA) is 44.6 Å². The highest BCUT2D eigenvalue weighted by atomic mass is 79.9. The smallest absolute Gasteiger partial charge is 0.227 e. The third-order valence-corrected chi connectivity index (χ3v) is 8.71. The Hall–Kier alpha value is -3.16. The van der Waals surface area contributed by atoms with Gasteiger partial charge in [0.25, 0.3) is 0 Å². The van der Waals surface area contributed by atoms with Crippen molar-refractivity contribution in [3.05, 3.63) is 88.2 Å². The van der Waals surface area contributed by atoms with Crippen molar-refractivity contribution >= 4 is 38.6 Å². The van der Waals surface area contributed by atoms with Crippen LogP contribution in [0.4, 0.5) is 5.69 Å². The first-order valence-corrected chi connectivity index (χ1v) is 14.8. The van der Waals surface area contributed by atoms with Crippen LogP contribution in [0.2, 0.25) is 0 Å². The molecule has 3 aromatic carbocycles. The maximum Gasteiger partial charge on any atom is 0.227 e. The molecule has 2 aliphatic rings. The molecule has 0 N–H and O–H groups in total. The highest BCUT2D eigenvalue weighted by Gasteiger charge is 2.32. The van der Waals surface area contributed by atoms with E-state index in [1.165, 1.54) is 16.8 Å². The molecule has 39 heavy (non-hydrogen) atoms. The molecule has 2 aliphatic heterocycles. The summed E-state index contributed by atoms with van der Waals surface area (Å²) in [6.07, 6.45) is 2.00. The first-order valence-electron chi connectivity index (χ1n) is 14.0. The molecular formula is C32H36BrN5O. The van der Waals surface area contributed by atoms with Crippen LogP contribution >= 0.6 is 15.9 Å². The fourth-order valence-electron chi connectivity index (χ4n) is 6.17. The third kappa shape index (κ3) is 5.48. The summed E-state index contributed by atoms with van der Waals surface area (Å²) < 4.78 is 3.31. The van der Waals surface area contributed by atoms with E-state index >= 15 is 0 Å². The minimum absolute atomic E-state index is 0.0507. The van der Waals surface area contributed by atoms with Crippen molar-refractivity contribution in [1.29, 1.82) is 0 Å². The number of carbonyl (C=O) groups is 1. The lowest BCUT2D eigenvalue weighted by molar-refractivity contribution is -0.137. The molecular weight excluding hydrogens is 550 g/mol. The van der Waals surface area contributed by atoms with E-state index in [1.807, 2.05) is 12.1 Å². The zero-order valence-electron chi connectivity index (χ0n) is 22.8. The maximum atomic E-state index is 13.6. The molecule has 6 rings (SSSR count). The lowest BCUT2D eigenvalue weighted by Crippen LogP contribution is -2.52. The van der Waals surface area contributed by atoms with E-state index in [9.17, 15) is 4.79 Å². The molecule has 6 nitrogen and oxygen atoms in total. The van der Waals surface area contributed by atoms with E-state index in [4.69, 9.17) is 4.98 Å². The van der Waals surface area contributed by atoms with Gasteiger partial charge in [-0.25, -0.2) is 4.98 Å². The molecule has 3 heterocycles. The summed E-state index contributed by atoms with van der Waals surface area (Å²) in [6, 6.07) is 23.3. The molecule has 4 aromatic rings. The summed E-state index contributed by atoms with van der Waals surface area (Å²) in [6.45, 7) is 10.2. The van der Waals surface area contributed by atoms with Gasteiger partial charge in [-0.05, 0) is 80.8 Å². The number of para-hydroxylation sites is 2. The van der Waals surface area contributed by atoms with Gasteiger partial charge in [-0.3, -0.25) is 14.3 Å². The van der Waals surface area contributed by atoms with Crippen molar-refractivity contribution in [1.82, 2.24) is 19.4 Å². The summed E-state index contributed by atoms with van der Waals surface area (Å²) in [4.78, 5) is 25.6. The number of halogens is 1. The van der Waals surface area contributed by atoms with E-state index in [2.05, 4.69) is 104 Å². The van der Waals surface area contributed by atoms with Gasteiger partial charge in [0.2, 0.25) is 5.91 Å². The number of hydrogen-bond donors (Lipinski definition) is 0. The Morgan fingerprint density at radius 3 is 2.59 bits per heavy atom. The number of hydrogen-bond acceptors (Lipinski definition) is 4. The van der Waals surface area contributed by atoms with Crippen molar-refractivity contribution in [2.24, 2.45) is 5.92 Å². The average molecular weight is 587 g/mol. The van der Waals surface area contributed by atoms with Crippen molar-refractivity contribution in [3.8, 4) is 5.69 Å². The summed E-state index contributed by atoms with van der Waals surface area (Å²) in [5, 5.41) is 0. The molecule has 0 bridgehead atoms. The minimum Gasteiger partial charge on any atom is -0.368 e. The average Bonchev–Trinajstić information content (AvgIpc) is 3.32. The van der Waals surface area contributed by atoms with E-state index in [0.29, 0.717) is 5.91 Å². The fourth-order valence-corrected chi connectivity index (χ4v) is 6.56. The fraction of sp³-hybridized carbons (Fsp3) is 0.375. The number of benzene rings is 3. The first-order chi connectivity index (χ1) is 19.0. The first kappa shape index (κ1) is 26.1. The second-order valence-electron chi connectivity index (χ2n) is 11.0.